The first-order chi connectivity index (χ1) is 4.55. The second-order valence-electron chi connectivity index (χ2n) is 3.47. The van der Waals surface area contributed by atoms with Gasteiger partial charge in [0, 0.05) is 13.1 Å². The molecule has 0 N–H and O–H groups in total. The van der Waals surface area contributed by atoms with Crippen LogP contribution in [-0.2, 0) is 4.79 Å². The molecule has 10 heavy (non-hydrogen) atoms. The van der Waals surface area contributed by atoms with Gasteiger partial charge in [-0.3, -0.25) is 4.79 Å². The van der Waals surface area contributed by atoms with Crippen LogP contribution in [0.5, 0.6) is 0 Å². The van der Waals surface area contributed by atoms with E-state index in [1.54, 1.807) is 0 Å². The molecule has 0 spiro atoms. The highest BCUT2D eigenvalue weighted by Gasteiger charge is 2.42. The number of rotatable bonds is 1. The van der Waals surface area contributed by atoms with Crippen LogP contribution in [0.1, 0.15) is 20.8 Å². The molecule has 1 rings (SSSR count). The average Bonchev–Trinajstić information content (AvgIpc) is 1.87. The molecule has 1 fully saturated rings. The molecule has 0 aliphatic carbocycles. The Labute approximate surface area is 62.2 Å². The quantitative estimate of drug-likeness (QED) is 0.501. The van der Waals surface area contributed by atoms with Crippen molar-refractivity contribution in [2.75, 3.05) is 7.05 Å². The number of carbonyl (C=O) groups is 1. The lowest BCUT2D eigenvalue weighted by Gasteiger charge is -2.45. The Balaban J connectivity index is 2.57. The Kier molecular flexibility index (Phi) is 1.71. The topological polar surface area (TPSA) is 20.3 Å². The number of hydrogen-bond donors (Lipinski definition) is 0. The molecule has 2 nitrogen and oxygen atoms in total. The van der Waals surface area contributed by atoms with Gasteiger partial charge in [-0.1, -0.05) is 20.8 Å². The van der Waals surface area contributed by atoms with Gasteiger partial charge in [0.2, 0.25) is 5.91 Å². The highest BCUT2D eigenvalue weighted by molar-refractivity contribution is 5.85. The van der Waals surface area contributed by atoms with Gasteiger partial charge in [0.25, 0.3) is 0 Å². The molecule has 2 atom stereocenters. The van der Waals surface area contributed by atoms with Gasteiger partial charge in [0.1, 0.15) is 0 Å². The molecule has 1 amide bonds. The maximum absolute atomic E-state index is 11.0. The zero-order valence-electron chi connectivity index (χ0n) is 7.09. The maximum Gasteiger partial charge on any atom is 0.227 e. The summed E-state index contributed by atoms with van der Waals surface area (Å²) in [5.41, 5.74) is 0. The molecule has 2 heteroatoms. The number of carbonyl (C=O) groups excluding carboxylic acids is 1. The van der Waals surface area contributed by atoms with Gasteiger partial charge in [0.05, 0.1) is 5.92 Å². The van der Waals surface area contributed by atoms with Crippen molar-refractivity contribution in [1.29, 1.82) is 0 Å². The molecule has 0 radical (unpaired) electrons. The molecule has 0 aromatic carbocycles. The second kappa shape index (κ2) is 2.26. The lowest BCUT2D eigenvalue weighted by atomic mass is 9.82. The van der Waals surface area contributed by atoms with Gasteiger partial charge < -0.3 is 4.90 Å². The van der Waals surface area contributed by atoms with E-state index < -0.39 is 0 Å². The fraction of sp³-hybridized carbons (Fsp3) is 0.875. The zero-order valence-corrected chi connectivity index (χ0v) is 7.09. The van der Waals surface area contributed by atoms with E-state index in [1.807, 2.05) is 18.9 Å². The summed E-state index contributed by atoms with van der Waals surface area (Å²) < 4.78 is 0. The van der Waals surface area contributed by atoms with Crippen molar-refractivity contribution >= 4 is 5.91 Å². The number of hydrogen-bond acceptors (Lipinski definition) is 1. The van der Waals surface area contributed by atoms with Gasteiger partial charge in [-0.2, -0.15) is 0 Å². The van der Waals surface area contributed by atoms with Crippen molar-refractivity contribution in [1.82, 2.24) is 4.90 Å². The normalized spacial score (nSPS) is 32.9. The zero-order chi connectivity index (χ0) is 7.89. The van der Waals surface area contributed by atoms with Crippen LogP contribution in [0.2, 0.25) is 0 Å². The summed E-state index contributed by atoms with van der Waals surface area (Å²) in [6, 6.07) is 0.479. The number of nitrogens with zero attached hydrogens (tertiary/aromatic N) is 1. The minimum atomic E-state index is 0.255. The van der Waals surface area contributed by atoms with Crippen molar-refractivity contribution in [3.05, 3.63) is 0 Å². The first-order valence-corrected chi connectivity index (χ1v) is 3.82. The van der Waals surface area contributed by atoms with Crippen LogP contribution in [-0.4, -0.2) is 23.9 Å². The molecule has 1 saturated heterocycles. The Morgan fingerprint density at radius 1 is 1.50 bits per heavy atom. The van der Waals surface area contributed by atoms with Crippen molar-refractivity contribution in [3.8, 4) is 0 Å². The summed E-state index contributed by atoms with van der Waals surface area (Å²) in [5, 5.41) is 0. The van der Waals surface area contributed by atoms with E-state index in [1.165, 1.54) is 0 Å². The van der Waals surface area contributed by atoms with E-state index in [0.717, 1.165) is 0 Å². The monoisotopic (exact) mass is 141 g/mol. The molecular weight excluding hydrogens is 126 g/mol. The van der Waals surface area contributed by atoms with Crippen LogP contribution < -0.4 is 0 Å². The lowest BCUT2D eigenvalue weighted by Crippen LogP contribution is -2.59. The largest absolute Gasteiger partial charge is 0.341 e. The summed E-state index contributed by atoms with van der Waals surface area (Å²) in [4.78, 5) is 12.8. The minimum absolute atomic E-state index is 0.255. The SMILES string of the molecule is CC(C)C1C(C)C(=O)N1C. The number of amides is 1. The van der Waals surface area contributed by atoms with E-state index in [4.69, 9.17) is 0 Å². The Bertz CT molecular complexity index is 141. The van der Waals surface area contributed by atoms with Crippen LogP contribution in [0.15, 0.2) is 0 Å². The Morgan fingerprint density at radius 2 is 2.00 bits per heavy atom. The number of likely N-dealkylation sites (tertiary alicyclic amines) is 1. The molecule has 1 heterocycles. The molecule has 0 aromatic heterocycles. The third-order valence-corrected chi connectivity index (χ3v) is 2.38. The molecule has 1 aliphatic heterocycles. The summed E-state index contributed by atoms with van der Waals surface area (Å²) >= 11 is 0. The van der Waals surface area contributed by atoms with Crippen LogP contribution in [0.3, 0.4) is 0 Å². The Hall–Kier alpha value is -0.530. The van der Waals surface area contributed by atoms with E-state index in [0.29, 0.717) is 17.9 Å². The van der Waals surface area contributed by atoms with Gasteiger partial charge >= 0.3 is 0 Å². The molecule has 2 unspecified atom stereocenters. The van der Waals surface area contributed by atoms with Crippen molar-refractivity contribution in [2.45, 2.75) is 26.8 Å². The van der Waals surface area contributed by atoms with Gasteiger partial charge in [-0.05, 0) is 5.92 Å². The van der Waals surface area contributed by atoms with Crippen molar-refractivity contribution in [2.24, 2.45) is 11.8 Å². The standard InChI is InChI=1S/C8H15NO/c1-5(2)7-6(3)8(10)9(7)4/h5-7H,1-4H3. The first-order valence-electron chi connectivity index (χ1n) is 3.82. The summed E-state index contributed by atoms with van der Waals surface area (Å²) in [6.07, 6.45) is 0. The van der Waals surface area contributed by atoms with Crippen molar-refractivity contribution < 1.29 is 4.79 Å². The number of β-lactam (4-membered cyclic amide) rings is 1. The minimum Gasteiger partial charge on any atom is -0.341 e. The molecule has 0 aromatic rings. The predicted molar refractivity (Wildman–Crippen MR) is 40.6 cm³/mol. The Morgan fingerprint density at radius 3 is 2.20 bits per heavy atom. The van der Waals surface area contributed by atoms with Gasteiger partial charge in [-0.25, -0.2) is 0 Å². The van der Waals surface area contributed by atoms with Gasteiger partial charge in [-0.15, -0.1) is 0 Å². The fourth-order valence-corrected chi connectivity index (χ4v) is 1.89. The molecular formula is C8H15NO. The third-order valence-electron chi connectivity index (χ3n) is 2.38. The molecule has 58 valence electrons. The highest BCUT2D eigenvalue weighted by atomic mass is 16.2. The van der Waals surface area contributed by atoms with Crippen LogP contribution in [0.4, 0.5) is 0 Å². The maximum atomic E-state index is 11.0. The summed E-state index contributed by atoms with van der Waals surface area (Å²) in [6.45, 7) is 6.32. The third kappa shape index (κ3) is 0.825. The van der Waals surface area contributed by atoms with E-state index >= 15 is 0 Å². The second-order valence-corrected chi connectivity index (χ2v) is 3.47. The molecule has 0 saturated carbocycles. The first kappa shape index (κ1) is 7.58. The fourth-order valence-electron chi connectivity index (χ4n) is 1.89. The molecule has 1 aliphatic rings. The average molecular weight is 141 g/mol. The highest BCUT2D eigenvalue weighted by Crippen LogP contribution is 2.29. The van der Waals surface area contributed by atoms with Crippen LogP contribution in [0, 0.1) is 11.8 Å². The lowest BCUT2D eigenvalue weighted by molar-refractivity contribution is -0.154. The van der Waals surface area contributed by atoms with Crippen LogP contribution in [0.25, 0.3) is 0 Å². The predicted octanol–water partition coefficient (Wildman–Crippen LogP) is 1.12. The molecule has 0 bridgehead atoms. The smallest absolute Gasteiger partial charge is 0.227 e. The summed E-state index contributed by atoms with van der Waals surface area (Å²) in [7, 11) is 1.88. The van der Waals surface area contributed by atoms with Crippen LogP contribution >= 0.6 is 0 Å². The summed E-state index contributed by atoms with van der Waals surface area (Å²) in [5.74, 6) is 1.14. The van der Waals surface area contributed by atoms with Gasteiger partial charge in [0.15, 0.2) is 0 Å². The van der Waals surface area contributed by atoms with Crippen molar-refractivity contribution in [3.63, 3.8) is 0 Å². The van der Waals surface area contributed by atoms with E-state index in [2.05, 4.69) is 13.8 Å². The van der Waals surface area contributed by atoms with E-state index in [-0.39, 0.29) is 5.92 Å². The van der Waals surface area contributed by atoms with E-state index in [9.17, 15) is 4.79 Å².